The summed E-state index contributed by atoms with van der Waals surface area (Å²) < 4.78 is 6.16. The molecule has 0 amide bonds. The molecule has 0 radical (unpaired) electrons. The molecule has 30 heavy (non-hydrogen) atoms. The van der Waals surface area contributed by atoms with Gasteiger partial charge in [0.25, 0.3) is 0 Å². The lowest BCUT2D eigenvalue weighted by molar-refractivity contribution is 0.0844. The smallest absolute Gasteiger partial charge is 0.170 e. The van der Waals surface area contributed by atoms with Gasteiger partial charge in [0.05, 0.1) is 12.0 Å². The van der Waals surface area contributed by atoms with Crippen LogP contribution in [0.1, 0.15) is 61.2 Å². The number of aromatic hydroxyl groups is 3. The molecule has 0 aromatic heterocycles. The molecule has 3 rings (SSSR count). The van der Waals surface area contributed by atoms with Crippen LogP contribution in [0, 0.1) is 5.92 Å². The van der Waals surface area contributed by atoms with E-state index in [9.17, 15) is 20.1 Å². The first-order valence-corrected chi connectivity index (χ1v) is 10.0. The van der Waals surface area contributed by atoms with Gasteiger partial charge in [0.1, 0.15) is 29.1 Å². The second-order valence-corrected chi connectivity index (χ2v) is 8.18. The summed E-state index contributed by atoms with van der Waals surface area (Å²) in [5, 5.41) is 30.4. The topological polar surface area (TPSA) is 87.0 Å². The van der Waals surface area contributed by atoms with Crippen molar-refractivity contribution in [3.63, 3.8) is 0 Å². The number of Topliss-reactive ketones (excluding diaryl/α,β-unsaturated/α-hetero) is 1. The largest absolute Gasteiger partial charge is 0.508 e. The molecule has 2 aromatic carbocycles. The first kappa shape index (κ1) is 21.5. The third kappa shape index (κ3) is 4.51. The number of carbonyl (C=O) groups excluding carboxylic acids is 1. The fourth-order valence-electron chi connectivity index (χ4n) is 3.69. The van der Waals surface area contributed by atoms with Crippen molar-refractivity contribution < 1.29 is 24.9 Å². The highest BCUT2D eigenvalue weighted by Gasteiger charge is 2.32. The van der Waals surface area contributed by atoms with Crippen molar-refractivity contribution >= 4 is 5.78 Å². The predicted molar refractivity (Wildman–Crippen MR) is 116 cm³/mol. The first-order valence-electron chi connectivity index (χ1n) is 10.0. The highest BCUT2D eigenvalue weighted by molar-refractivity contribution is 6.00. The van der Waals surface area contributed by atoms with E-state index in [1.807, 2.05) is 20.8 Å². The van der Waals surface area contributed by atoms with Crippen LogP contribution >= 0.6 is 0 Å². The average molecular weight is 408 g/mol. The lowest BCUT2D eigenvalue weighted by atomic mass is 9.86. The molecule has 158 valence electrons. The summed E-state index contributed by atoms with van der Waals surface area (Å²) in [4.78, 5) is 12.8. The SMILES string of the molecule is C=C(C)C(CC=C(C)C)Cc1c(O)ccc2c1O[C@H](c1ccc(O)cc1O)CC2=O. The Balaban J connectivity index is 2.00. The maximum atomic E-state index is 12.8. The number of fused-ring (bicyclic) bond motifs is 1. The van der Waals surface area contributed by atoms with Crippen molar-refractivity contribution in [1.82, 2.24) is 0 Å². The molecular formula is C25H28O5. The Morgan fingerprint density at radius 3 is 2.53 bits per heavy atom. The number of phenols is 3. The minimum Gasteiger partial charge on any atom is -0.508 e. The van der Waals surface area contributed by atoms with Crippen LogP contribution in [0.2, 0.25) is 0 Å². The van der Waals surface area contributed by atoms with Crippen LogP contribution in [0.15, 0.2) is 54.1 Å². The molecule has 0 saturated carbocycles. The summed E-state index contributed by atoms with van der Waals surface area (Å²) in [5.41, 5.74) is 3.61. The Hall–Kier alpha value is -3.21. The molecule has 1 heterocycles. The monoisotopic (exact) mass is 408 g/mol. The van der Waals surface area contributed by atoms with Gasteiger partial charge in [-0.05, 0) is 63.8 Å². The zero-order valence-electron chi connectivity index (χ0n) is 17.6. The molecule has 0 aliphatic carbocycles. The molecule has 5 nitrogen and oxygen atoms in total. The lowest BCUT2D eigenvalue weighted by Crippen LogP contribution is -2.22. The molecule has 0 saturated heterocycles. The van der Waals surface area contributed by atoms with E-state index >= 15 is 0 Å². The maximum Gasteiger partial charge on any atom is 0.170 e. The average Bonchev–Trinajstić information content (AvgIpc) is 2.66. The number of ether oxygens (including phenoxy) is 1. The summed E-state index contributed by atoms with van der Waals surface area (Å²) in [5.74, 6) is 0.180. The van der Waals surface area contributed by atoms with Crippen molar-refractivity contribution in [2.45, 2.75) is 46.1 Å². The molecule has 1 unspecified atom stereocenters. The zero-order chi connectivity index (χ0) is 22.0. The Bertz CT molecular complexity index is 1010. The number of hydrogen-bond donors (Lipinski definition) is 3. The minimum atomic E-state index is -0.702. The Morgan fingerprint density at radius 1 is 1.17 bits per heavy atom. The molecule has 3 N–H and O–H groups in total. The van der Waals surface area contributed by atoms with Crippen LogP contribution in [-0.2, 0) is 6.42 Å². The van der Waals surface area contributed by atoms with Gasteiger partial charge in [-0.2, -0.15) is 0 Å². The molecule has 5 heteroatoms. The van der Waals surface area contributed by atoms with E-state index in [0.717, 1.165) is 12.0 Å². The van der Waals surface area contributed by atoms with Gasteiger partial charge in [-0.25, -0.2) is 0 Å². The van der Waals surface area contributed by atoms with Gasteiger partial charge in [-0.3, -0.25) is 4.79 Å². The van der Waals surface area contributed by atoms with E-state index < -0.39 is 6.10 Å². The molecule has 2 atom stereocenters. The summed E-state index contributed by atoms with van der Waals surface area (Å²) in [6, 6.07) is 7.32. The second-order valence-electron chi connectivity index (χ2n) is 8.18. The van der Waals surface area contributed by atoms with Crippen LogP contribution in [-0.4, -0.2) is 21.1 Å². The quantitative estimate of drug-likeness (QED) is 0.542. The summed E-state index contributed by atoms with van der Waals surface area (Å²) in [6.45, 7) is 10.1. The van der Waals surface area contributed by atoms with Crippen LogP contribution in [0.4, 0.5) is 0 Å². The van der Waals surface area contributed by atoms with Gasteiger partial charge >= 0.3 is 0 Å². The van der Waals surface area contributed by atoms with Crippen LogP contribution in [0.5, 0.6) is 23.0 Å². The van der Waals surface area contributed by atoms with Gasteiger partial charge in [0.15, 0.2) is 5.78 Å². The second kappa shape index (κ2) is 8.66. The normalized spacial score (nSPS) is 16.4. The van der Waals surface area contributed by atoms with Gasteiger partial charge in [0, 0.05) is 17.2 Å². The number of hydrogen-bond acceptors (Lipinski definition) is 5. The van der Waals surface area contributed by atoms with Crippen molar-refractivity contribution in [1.29, 1.82) is 0 Å². The number of phenolic OH excluding ortho intramolecular Hbond substituents is 3. The Kier molecular flexibility index (Phi) is 6.20. The molecule has 1 aliphatic heterocycles. The Morgan fingerprint density at radius 2 is 1.90 bits per heavy atom. The molecular weight excluding hydrogens is 380 g/mol. The summed E-state index contributed by atoms with van der Waals surface area (Å²) in [7, 11) is 0. The number of allylic oxidation sites excluding steroid dienone is 3. The summed E-state index contributed by atoms with van der Waals surface area (Å²) in [6.07, 6.45) is 2.76. The number of benzene rings is 2. The third-order valence-corrected chi connectivity index (χ3v) is 5.49. The lowest BCUT2D eigenvalue weighted by Gasteiger charge is -2.29. The van der Waals surface area contributed by atoms with Crippen LogP contribution < -0.4 is 4.74 Å². The number of carbonyl (C=O) groups is 1. The fourth-order valence-corrected chi connectivity index (χ4v) is 3.69. The molecule has 1 aliphatic rings. The van der Waals surface area contributed by atoms with Gasteiger partial charge in [-0.1, -0.05) is 23.8 Å². The van der Waals surface area contributed by atoms with Gasteiger partial charge < -0.3 is 20.1 Å². The van der Waals surface area contributed by atoms with E-state index in [-0.39, 0.29) is 35.4 Å². The van der Waals surface area contributed by atoms with Crippen LogP contribution in [0.25, 0.3) is 0 Å². The van der Waals surface area contributed by atoms with E-state index in [0.29, 0.717) is 28.9 Å². The molecule has 0 fully saturated rings. The number of ketones is 1. The van der Waals surface area contributed by atoms with Crippen molar-refractivity contribution in [3.05, 3.63) is 70.8 Å². The first-order chi connectivity index (χ1) is 14.2. The molecule has 0 spiro atoms. The highest BCUT2D eigenvalue weighted by Crippen LogP contribution is 2.44. The van der Waals surface area contributed by atoms with Crippen molar-refractivity contribution in [2.24, 2.45) is 5.92 Å². The van der Waals surface area contributed by atoms with Crippen molar-refractivity contribution in [3.8, 4) is 23.0 Å². The van der Waals surface area contributed by atoms with Gasteiger partial charge in [0.2, 0.25) is 0 Å². The zero-order valence-corrected chi connectivity index (χ0v) is 17.6. The van der Waals surface area contributed by atoms with E-state index in [2.05, 4.69) is 12.7 Å². The highest BCUT2D eigenvalue weighted by atomic mass is 16.5. The fraction of sp³-hybridized carbons (Fsp3) is 0.320. The third-order valence-electron chi connectivity index (χ3n) is 5.49. The molecule has 2 aromatic rings. The van der Waals surface area contributed by atoms with E-state index in [1.54, 1.807) is 12.1 Å². The number of rotatable bonds is 6. The minimum absolute atomic E-state index is 0.0667. The van der Waals surface area contributed by atoms with Crippen molar-refractivity contribution in [2.75, 3.05) is 0 Å². The van der Waals surface area contributed by atoms with Crippen LogP contribution in [0.3, 0.4) is 0 Å². The van der Waals surface area contributed by atoms with E-state index in [4.69, 9.17) is 4.74 Å². The Labute approximate surface area is 177 Å². The van der Waals surface area contributed by atoms with E-state index in [1.165, 1.54) is 23.8 Å². The van der Waals surface area contributed by atoms with Gasteiger partial charge in [-0.15, -0.1) is 0 Å². The maximum absolute atomic E-state index is 12.8. The summed E-state index contributed by atoms with van der Waals surface area (Å²) >= 11 is 0. The standard InChI is InChI=1S/C25H28O5/c1-14(2)5-6-16(15(3)4)11-20-21(27)10-9-19-23(29)13-24(30-25(19)20)18-8-7-17(26)12-22(18)28/h5,7-10,12,16,24,26-28H,3,6,11,13H2,1-2,4H3/t16?,24-/m0/s1. The predicted octanol–water partition coefficient (Wildman–Crippen LogP) is 5.60. The molecule has 0 bridgehead atoms.